The third-order valence-corrected chi connectivity index (χ3v) is 10.2. The fourth-order valence-corrected chi connectivity index (χ4v) is 7.96. The standard InChI is InChI=1S/C51H45N5/c1-34-30-36(3)47(37(4)31-34)56(48-38(5)32-35(2)33-39(48)6)44-28-26-43(27-29-44)55(46-25-17-16-24-45(46)40-18-10-7-11-19-40)51-53-49(41-20-12-8-13-21-41)52-50(54-51)42-22-14-9-15-23-42/h7-33H,1-6H3. The molecule has 0 N–H and O–H groups in total. The first-order valence-corrected chi connectivity index (χ1v) is 19.1. The van der Waals surface area contributed by atoms with Crippen LogP contribution in [0.15, 0.2) is 164 Å². The minimum absolute atomic E-state index is 0.529. The molecule has 1 heterocycles. The lowest BCUT2D eigenvalue weighted by atomic mass is 9.98. The Labute approximate surface area is 330 Å². The van der Waals surface area contributed by atoms with Crippen molar-refractivity contribution >= 4 is 34.4 Å². The smallest absolute Gasteiger partial charge is 0.238 e. The molecule has 0 aliphatic carbocycles. The summed E-state index contributed by atoms with van der Waals surface area (Å²) in [5, 5.41) is 0. The molecule has 8 rings (SSSR count). The van der Waals surface area contributed by atoms with Crippen molar-refractivity contribution in [3.63, 3.8) is 0 Å². The van der Waals surface area contributed by atoms with Gasteiger partial charge in [-0.25, -0.2) is 4.98 Å². The molecule has 7 aromatic carbocycles. The molecule has 0 aliphatic rings. The molecule has 0 amide bonds. The average Bonchev–Trinajstić information content (AvgIpc) is 3.21. The third kappa shape index (κ3) is 7.19. The zero-order valence-corrected chi connectivity index (χ0v) is 32.8. The molecular formula is C51H45N5. The topological polar surface area (TPSA) is 45.2 Å². The van der Waals surface area contributed by atoms with Crippen molar-refractivity contribution in [2.24, 2.45) is 0 Å². The number of hydrogen-bond acceptors (Lipinski definition) is 5. The van der Waals surface area contributed by atoms with E-state index in [1.54, 1.807) is 0 Å². The van der Waals surface area contributed by atoms with Crippen LogP contribution in [0.2, 0.25) is 0 Å². The van der Waals surface area contributed by atoms with Crippen LogP contribution < -0.4 is 9.80 Å². The first kappa shape index (κ1) is 36.1. The van der Waals surface area contributed by atoms with E-state index >= 15 is 0 Å². The summed E-state index contributed by atoms with van der Waals surface area (Å²) in [5.41, 5.74) is 16.8. The lowest BCUT2D eigenvalue weighted by Crippen LogP contribution is -2.18. The van der Waals surface area contributed by atoms with Gasteiger partial charge in [0.05, 0.1) is 17.1 Å². The third-order valence-electron chi connectivity index (χ3n) is 10.2. The molecule has 0 atom stereocenters. The van der Waals surface area contributed by atoms with Crippen molar-refractivity contribution in [3.8, 4) is 33.9 Å². The molecule has 0 saturated carbocycles. The van der Waals surface area contributed by atoms with Gasteiger partial charge in [-0.15, -0.1) is 0 Å². The van der Waals surface area contributed by atoms with E-state index in [0.717, 1.165) is 39.3 Å². The molecule has 0 unspecified atom stereocenters. The summed E-state index contributed by atoms with van der Waals surface area (Å²) < 4.78 is 0. The monoisotopic (exact) mass is 727 g/mol. The summed E-state index contributed by atoms with van der Waals surface area (Å²) in [6.45, 7) is 13.2. The van der Waals surface area contributed by atoms with Crippen LogP contribution in [0, 0.1) is 41.5 Å². The van der Waals surface area contributed by atoms with E-state index in [-0.39, 0.29) is 0 Å². The van der Waals surface area contributed by atoms with Crippen molar-refractivity contribution in [1.29, 1.82) is 0 Å². The molecule has 0 radical (unpaired) electrons. The minimum Gasteiger partial charge on any atom is -0.309 e. The van der Waals surface area contributed by atoms with Crippen LogP contribution in [0.4, 0.5) is 34.4 Å². The lowest BCUT2D eigenvalue weighted by Gasteiger charge is -2.32. The van der Waals surface area contributed by atoms with Gasteiger partial charge in [0.15, 0.2) is 11.6 Å². The summed E-state index contributed by atoms with van der Waals surface area (Å²) in [6.07, 6.45) is 0. The van der Waals surface area contributed by atoms with Crippen LogP contribution in [0.5, 0.6) is 0 Å². The lowest BCUT2D eigenvalue weighted by molar-refractivity contribution is 1.02. The average molecular weight is 728 g/mol. The molecule has 0 fully saturated rings. The Bertz CT molecular complexity index is 2470. The Hall–Kier alpha value is -6.85. The SMILES string of the molecule is Cc1cc(C)c(N(c2ccc(N(c3nc(-c4ccccc4)nc(-c4ccccc4)n3)c3ccccc3-c3ccccc3)cc2)c2c(C)cc(C)cc2C)c(C)c1. The number of nitrogens with zero attached hydrogens (tertiary/aromatic N) is 5. The van der Waals surface area contributed by atoms with E-state index in [9.17, 15) is 0 Å². The molecular weight excluding hydrogens is 683 g/mol. The maximum absolute atomic E-state index is 5.23. The highest BCUT2D eigenvalue weighted by atomic mass is 15.3. The summed E-state index contributed by atoms with van der Waals surface area (Å²) >= 11 is 0. The van der Waals surface area contributed by atoms with Gasteiger partial charge in [0.25, 0.3) is 0 Å². The summed E-state index contributed by atoms with van der Waals surface area (Å²) in [4.78, 5) is 20.1. The normalized spacial score (nSPS) is 11.0. The van der Waals surface area contributed by atoms with E-state index in [1.807, 2.05) is 66.7 Å². The Morgan fingerprint density at radius 2 is 0.732 bits per heavy atom. The maximum atomic E-state index is 5.23. The highest BCUT2D eigenvalue weighted by Crippen LogP contribution is 2.45. The number of rotatable bonds is 9. The van der Waals surface area contributed by atoms with Gasteiger partial charge in [0.1, 0.15) is 0 Å². The Morgan fingerprint density at radius 3 is 1.18 bits per heavy atom. The van der Waals surface area contributed by atoms with Gasteiger partial charge in [-0.3, -0.25) is 4.90 Å². The summed E-state index contributed by atoms with van der Waals surface area (Å²) in [6, 6.07) is 57.2. The molecule has 56 heavy (non-hydrogen) atoms. The van der Waals surface area contributed by atoms with Crippen molar-refractivity contribution in [2.75, 3.05) is 9.80 Å². The van der Waals surface area contributed by atoms with E-state index < -0.39 is 0 Å². The molecule has 0 bridgehead atoms. The Morgan fingerprint density at radius 1 is 0.357 bits per heavy atom. The second-order valence-electron chi connectivity index (χ2n) is 14.6. The second-order valence-corrected chi connectivity index (χ2v) is 14.6. The Balaban J connectivity index is 1.36. The van der Waals surface area contributed by atoms with E-state index in [4.69, 9.17) is 15.0 Å². The van der Waals surface area contributed by atoms with Crippen LogP contribution in [-0.4, -0.2) is 15.0 Å². The fourth-order valence-electron chi connectivity index (χ4n) is 7.96. The van der Waals surface area contributed by atoms with Crippen LogP contribution >= 0.6 is 0 Å². The van der Waals surface area contributed by atoms with Gasteiger partial charge in [-0.1, -0.05) is 145 Å². The molecule has 274 valence electrons. The quantitative estimate of drug-likeness (QED) is 0.148. The number of aromatic nitrogens is 3. The Kier molecular flexibility index (Phi) is 9.99. The van der Waals surface area contributed by atoms with Gasteiger partial charge in [-0.2, -0.15) is 9.97 Å². The van der Waals surface area contributed by atoms with Gasteiger partial charge >= 0.3 is 0 Å². The van der Waals surface area contributed by atoms with Crippen LogP contribution in [0.1, 0.15) is 33.4 Å². The zero-order valence-electron chi connectivity index (χ0n) is 32.8. The number of anilines is 6. The highest BCUT2D eigenvalue weighted by Gasteiger charge is 2.25. The van der Waals surface area contributed by atoms with E-state index in [2.05, 4.69) is 148 Å². The molecule has 0 saturated heterocycles. The largest absolute Gasteiger partial charge is 0.309 e. The summed E-state index contributed by atoms with van der Waals surface area (Å²) in [5.74, 6) is 1.74. The molecule has 5 nitrogen and oxygen atoms in total. The first-order valence-electron chi connectivity index (χ1n) is 19.1. The van der Waals surface area contributed by atoms with Crippen molar-refractivity contribution in [3.05, 3.63) is 197 Å². The number of aryl methyl sites for hydroxylation is 6. The molecule has 1 aromatic heterocycles. The first-order chi connectivity index (χ1) is 27.2. The number of hydrogen-bond donors (Lipinski definition) is 0. The number of para-hydroxylation sites is 1. The van der Waals surface area contributed by atoms with Crippen LogP contribution in [0.25, 0.3) is 33.9 Å². The van der Waals surface area contributed by atoms with Gasteiger partial charge in [0, 0.05) is 28.1 Å². The van der Waals surface area contributed by atoms with Crippen molar-refractivity contribution in [1.82, 2.24) is 15.0 Å². The highest BCUT2D eigenvalue weighted by molar-refractivity contribution is 5.89. The fraction of sp³-hybridized carbons (Fsp3) is 0.118. The molecule has 8 aromatic rings. The maximum Gasteiger partial charge on any atom is 0.238 e. The van der Waals surface area contributed by atoms with E-state index in [1.165, 1.54) is 44.8 Å². The van der Waals surface area contributed by atoms with Gasteiger partial charge in [0.2, 0.25) is 5.95 Å². The minimum atomic E-state index is 0.529. The van der Waals surface area contributed by atoms with Crippen molar-refractivity contribution < 1.29 is 0 Å². The number of benzene rings is 7. The van der Waals surface area contributed by atoms with Crippen LogP contribution in [-0.2, 0) is 0 Å². The van der Waals surface area contributed by atoms with Crippen molar-refractivity contribution in [2.45, 2.75) is 41.5 Å². The zero-order chi connectivity index (χ0) is 38.8. The molecule has 5 heteroatoms. The predicted octanol–water partition coefficient (Wildman–Crippen LogP) is 13.7. The van der Waals surface area contributed by atoms with E-state index in [0.29, 0.717) is 17.6 Å². The molecule has 0 spiro atoms. The second kappa shape index (κ2) is 15.5. The predicted molar refractivity (Wildman–Crippen MR) is 234 cm³/mol. The van der Waals surface area contributed by atoms with Gasteiger partial charge < -0.3 is 4.90 Å². The van der Waals surface area contributed by atoms with Crippen LogP contribution in [0.3, 0.4) is 0 Å². The molecule has 0 aliphatic heterocycles. The summed E-state index contributed by atoms with van der Waals surface area (Å²) in [7, 11) is 0. The van der Waals surface area contributed by atoms with Gasteiger partial charge in [-0.05, 0) is 99.7 Å².